The smallest absolute Gasteiger partial charge is 0.344 e. The lowest BCUT2D eigenvalue weighted by Crippen LogP contribution is -2.48. The summed E-state index contributed by atoms with van der Waals surface area (Å²) >= 11 is 0. The maximum atomic E-state index is 11.9. The van der Waals surface area contributed by atoms with E-state index in [0.717, 1.165) is 6.08 Å². The average Bonchev–Trinajstić information content (AvgIpc) is 3.15. The van der Waals surface area contributed by atoms with Crippen molar-refractivity contribution < 1.29 is 42.9 Å². The molecule has 6 atom stereocenters. The summed E-state index contributed by atoms with van der Waals surface area (Å²) in [6, 6.07) is 0. The van der Waals surface area contributed by atoms with Crippen LogP contribution in [-0.2, 0) is 42.9 Å². The van der Waals surface area contributed by atoms with E-state index in [1.165, 1.54) is 7.11 Å². The summed E-state index contributed by atoms with van der Waals surface area (Å²) in [5.41, 5.74) is 0. The van der Waals surface area contributed by atoms with E-state index in [0.29, 0.717) is 0 Å². The average molecular weight is 326 g/mol. The van der Waals surface area contributed by atoms with Crippen LogP contribution in [0, 0.1) is 11.8 Å². The van der Waals surface area contributed by atoms with Crippen LogP contribution >= 0.6 is 0 Å². The summed E-state index contributed by atoms with van der Waals surface area (Å²) < 4.78 is 25.2. The van der Waals surface area contributed by atoms with Gasteiger partial charge in [-0.25, -0.2) is 9.59 Å². The highest BCUT2D eigenvalue weighted by molar-refractivity contribution is 5.87. The second kappa shape index (κ2) is 5.65. The lowest BCUT2D eigenvalue weighted by molar-refractivity contribution is -0.169. The number of carbonyl (C=O) groups is 4. The van der Waals surface area contributed by atoms with Gasteiger partial charge in [-0.3, -0.25) is 9.59 Å². The molecule has 2 bridgehead atoms. The SMILES string of the molecule is C=CC(=O)OCC(=O)OC1C2OC(=O)C3C2OC1C3C(=O)OC. The first-order valence-corrected chi connectivity index (χ1v) is 6.90. The number of ether oxygens (including phenoxy) is 5. The molecule has 0 aliphatic carbocycles. The maximum absolute atomic E-state index is 11.9. The zero-order valence-electron chi connectivity index (χ0n) is 12.1. The van der Waals surface area contributed by atoms with Crippen LogP contribution in [0.25, 0.3) is 0 Å². The molecule has 3 saturated heterocycles. The molecular weight excluding hydrogens is 312 g/mol. The van der Waals surface area contributed by atoms with Gasteiger partial charge in [0.2, 0.25) is 0 Å². The monoisotopic (exact) mass is 326 g/mol. The standard InChI is InChI=1S/C14H14O9/c1-3-5(15)20-4-6(16)21-11-9-7(13(17)19-2)8-10(22-9)12(11)23-14(8)18/h3,7-12H,1,4H2,2H3. The molecule has 3 heterocycles. The van der Waals surface area contributed by atoms with E-state index in [-0.39, 0.29) is 0 Å². The van der Waals surface area contributed by atoms with E-state index in [4.69, 9.17) is 14.2 Å². The van der Waals surface area contributed by atoms with Crippen LogP contribution < -0.4 is 0 Å². The van der Waals surface area contributed by atoms with Crippen LogP contribution in [0.4, 0.5) is 0 Å². The van der Waals surface area contributed by atoms with Crippen molar-refractivity contribution in [2.45, 2.75) is 24.4 Å². The van der Waals surface area contributed by atoms with Crippen LogP contribution in [0.3, 0.4) is 0 Å². The second-order valence-electron chi connectivity index (χ2n) is 5.31. The Bertz CT molecular complexity index is 583. The number of methoxy groups -OCH3 is 1. The molecule has 3 aliphatic rings. The topological polar surface area (TPSA) is 114 Å². The quantitative estimate of drug-likeness (QED) is 0.347. The minimum Gasteiger partial charge on any atom is -0.469 e. The van der Waals surface area contributed by atoms with Gasteiger partial charge in [-0.05, 0) is 0 Å². The fourth-order valence-corrected chi connectivity index (χ4v) is 3.25. The number of carbonyl (C=O) groups excluding carboxylic acids is 4. The van der Waals surface area contributed by atoms with E-state index in [2.05, 4.69) is 16.1 Å². The fourth-order valence-electron chi connectivity index (χ4n) is 3.25. The molecule has 3 fully saturated rings. The molecule has 9 nitrogen and oxygen atoms in total. The Morgan fingerprint density at radius 2 is 2.00 bits per heavy atom. The zero-order valence-corrected chi connectivity index (χ0v) is 12.1. The van der Waals surface area contributed by atoms with Crippen molar-refractivity contribution in [1.29, 1.82) is 0 Å². The van der Waals surface area contributed by atoms with Crippen molar-refractivity contribution in [2.75, 3.05) is 13.7 Å². The van der Waals surface area contributed by atoms with Crippen LogP contribution in [-0.4, -0.2) is 62.0 Å². The summed E-state index contributed by atoms with van der Waals surface area (Å²) in [7, 11) is 1.20. The molecule has 0 aromatic rings. The van der Waals surface area contributed by atoms with E-state index >= 15 is 0 Å². The van der Waals surface area contributed by atoms with Crippen LogP contribution in [0.15, 0.2) is 12.7 Å². The van der Waals surface area contributed by atoms with E-state index < -0.39 is 66.7 Å². The number of hydrogen-bond donors (Lipinski definition) is 0. The fraction of sp³-hybridized carbons (Fsp3) is 0.571. The van der Waals surface area contributed by atoms with Gasteiger partial charge < -0.3 is 23.7 Å². The zero-order chi connectivity index (χ0) is 16.7. The molecule has 23 heavy (non-hydrogen) atoms. The molecular formula is C14H14O9. The molecule has 9 heteroatoms. The van der Waals surface area contributed by atoms with Crippen molar-refractivity contribution in [3.05, 3.63) is 12.7 Å². The van der Waals surface area contributed by atoms with E-state index in [1.807, 2.05) is 0 Å². The van der Waals surface area contributed by atoms with Gasteiger partial charge in [0.15, 0.2) is 18.8 Å². The third-order valence-corrected chi connectivity index (χ3v) is 4.14. The first kappa shape index (κ1) is 15.5. The molecule has 3 aliphatic heterocycles. The highest BCUT2D eigenvalue weighted by atomic mass is 16.7. The summed E-state index contributed by atoms with van der Waals surface area (Å²) in [4.78, 5) is 46.5. The normalized spacial score (nSPS) is 36.3. The van der Waals surface area contributed by atoms with E-state index in [1.54, 1.807) is 0 Å². The van der Waals surface area contributed by atoms with Gasteiger partial charge >= 0.3 is 23.9 Å². The summed E-state index contributed by atoms with van der Waals surface area (Å²) in [5, 5.41) is 0. The Morgan fingerprint density at radius 3 is 2.65 bits per heavy atom. The number of hydrogen-bond acceptors (Lipinski definition) is 9. The summed E-state index contributed by atoms with van der Waals surface area (Å²) in [5.74, 6) is -4.44. The van der Waals surface area contributed by atoms with Crippen LogP contribution in [0.5, 0.6) is 0 Å². The molecule has 0 aromatic carbocycles. The molecule has 6 unspecified atom stereocenters. The first-order valence-electron chi connectivity index (χ1n) is 6.90. The molecule has 0 aromatic heterocycles. The van der Waals surface area contributed by atoms with Gasteiger partial charge in [-0.1, -0.05) is 6.58 Å². The molecule has 0 amide bonds. The maximum Gasteiger partial charge on any atom is 0.344 e. The van der Waals surface area contributed by atoms with Crippen molar-refractivity contribution >= 4 is 23.9 Å². The Balaban J connectivity index is 1.70. The predicted octanol–water partition coefficient (Wildman–Crippen LogP) is -1.26. The minimum absolute atomic E-state index is 0.575. The van der Waals surface area contributed by atoms with Crippen molar-refractivity contribution in [3.63, 3.8) is 0 Å². The number of esters is 4. The Hall–Kier alpha value is -2.42. The number of rotatable bonds is 5. The minimum atomic E-state index is -0.943. The third-order valence-electron chi connectivity index (χ3n) is 4.14. The van der Waals surface area contributed by atoms with Gasteiger partial charge in [0.1, 0.15) is 24.0 Å². The second-order valence-corrected chi connectivity index (χ2v) is 5.31. The third kappa shape index (κ3) is 2.37. The molecule has 3 rings (SSSR count). The van der Waals surface area contributed by atoms with Crippen LogP contribution in [0.1, 0.15) is 0 Å². The van der Waals surface area contributed by atoms with E-state index in [9.17, 15) is 19.2 Å². The molecule has 0 N–H and O–H groups in total. The van der Waals surface area contributed by atoms with Crippen LogP contribution in [0.2, 0.25) is 0 Å². The van der Waals surface area contributed by atoms with Gasteiger partial charge in [-0.2, -0.15) is 0 Å². The van der Waals surface area contributed by atoms with Crippen molar-refractivity contribution in [3.8, 4) is 0 Å². The summed E-state index contributed by atoms with van der Waals surface area (Å²) in [6.07, 6.45) is -2.28. The Kier molecular flexibility index (Phi) is 3.80. The highest BCUT2D eigenvalue weighted by Gasteiger charge is 2.72. The first-order chi connectivity index (χ1) is 11.0. The Morgan fingerprint density at radius 1 is 1.26 bits per heavy atom. The number of fused-ring (bicyclic) bond motifs is 1. The lowest BCUT2D eigenvalue weighted by atomic mass is 9.78. The predicted molar refractivity (Wildman–Crippen MR) is 68.6 cm³/mol. The van der Waals surface area contributed by atoms with Gasteiger partial charge in [-0.15, -0.1) is 0 Å². The highest BCUT2D eigenvalue weighted by Crippen LogP contribution is 2.51. The van der Waals surface area contributed by atoms with Gasteiger partial charge in [0.05, 0.1) is 7.11 Å². The van der Waals surface area contributed by atoms with Gasteiger partial charge in [0, 0.05) is 6.08 Å². The molecule has 0 spiro atoms. The summed E-state index contributed by atoms with van der Waals surface area (Å²) in [6.45, 7) is 2.58. The molecule has 0 radical (unpaired) electrons. The van der Waals surface area contributed by atoms with Gasteiger partial charge in [0.25, 0.3) is 0 Å². The van der Waals surface area contributed by atoms with Crippen molar-refractivity contribution in [1.82, 2.24) is 0 Å². The molecule has 124 valence electrons. The largest absolute Gasteiger partial charge is 0.469 e. The lowest BCUT2D eigenvalue weighted by Gasteiger charge is -2.26. The molecule has 0 saturated carbocycles. The Labute approximate surface area is 130 Å². The van der Waals surface area contributed by atoms with Crippen molar-refractivity contribution in [2.24, 2.45) is 11.8 Å².